The number of hydrogen-bond donors (Lipinski definition) is 2. The monoisotopic (exact) mass is 243 g/mol. The van der Waals surface area contributed by atoms with Crippen molar-refractivity contribution in [1.82, 2.24) is 0 Å². The fourth-order valence-corrected chi connectivity index (χ4v) is 1.35. The Morgan fingerprint density at radius 2 is 1.47 bits per heavy atom. The third kappa shape index (κ3) is 14.6. The van der Waals surface area contributed by atoms with E-state index in [0.717, 1.165) is 32.2 Å². The Kier molecular flexibility index (Phi) is 10.2. The minimum absolute atomic E-state index is 0.225. The maximum Gasteiger partial charge on any atom is 0.303 e. The lowest BCUT2D eigenvalue weighted by Crippen LogP contribution is -1.94. The van der Waals surface area contributed by atoms with Gasteiger partial charge in [-0.1, -0.05) is 6.42 Å². The van der Waals surface area contributed by atoms with Crippen LogP contribution in [0.1, 0.15) is 51.4 Å². The molecule has 0 heterocycles. The van der Waals surface area contributed by atoms with Gasteiger partial charge >= 0.3 is 11.9 Å². The van der Waals surface area contributed by atoms with Crippen molar-refractivity contribution in [2.45, 2.75) is 51.4 Å². The molecule has 0 bridgehead atoms. The second-order valence-electron chi connectivity index (χ2n) is 3.93. The summed E-state index contributed by atoms with van der Waals surface area (Å²) >= 11 is 0. The number of carboxylic acid groups (broad SMARTS) is 2. The quantitative estimate of drug-likeness (QED) is 0.430. The molecule has 0 unspecified atom stereocenters. The fraction of sp³-hybridized carbons (Fsp3) is 0.750. The molecule has 5 nitrogen and oxygen atoms in total. The first-order valence-electron chi connectivity index (χ1n) is 6.05. The van der Waals surface area contributed by atoms with E-state index in [9.17, 15) is 9.59 Å². The van der Waals surface area contributed by atoms with Gasteiger partial charge in [-0.15, -0.1) is 0 Å². The maximum absolute atomic E-state index is 10.2. The Morgan fingerprint density at radius 1 is 0.882 bits per heavy atom. The van der Waals surface area contributed by atoms with Gasteiger partial charge in [-0.2, -0.15) is 0 Å². The van der Waals surface area contributed by atoms with Gasteiger partial charge in [0.15, 0.2) is 0 Å². The van der Waals surface area contributed by atoms with E-state index in [1.807, 2.05) is 6.21 Å². The van der Waals surface area contributed by atoms with Crippen molar-refractivity contribution in [3.63, 3.8) is 0 Å². The van der Waals surface area contributed by atoms with Crippen LogP contribution >= 0.6 is 0 Å². The summed E-state index contributed by atoms with van der Waals surface area (Å²) in [5, 5.41) is 16.8. The fourth-order valence-electron chi connectivity index (χ4n) is 1.35. The van der Waals surface area contributed by atoms with Gasteiger partial charge in [-0.05, 0) is 38.3 Å². The van der Waals surface area contributed by atoms with Crippen LogP contribution in [0, 0.1) is 0 Å². The highest BCUT2D eigenvalue weighted by atomic mass is 16.4. The molecular weight excluding hydrogens is 222 g/mol. The molecule has 0 spiro atoms. The van der Waals surface area contributed by atoms with Crippen LogP contribution in [0.4, 0.5) is 0 Å². The van der Waals surface area contributed by atoms with Gasteiger partial charge in [0.05, 0.1) is 0 Å². The van der Waals surface area contributed by atoms with Crippen LogP contribution in [-0.4, -0.2) is 34.9 Å². The van der Waals surface area contributed by atoms with Gasteiger partial charge in [0, 0.05) is 19.4 Å². The molecule has 0 amide bonds. The molecule has 0 aliphatic heterocycles. The molecule has 5 heteroatoms. The summed E-state index contributed by atoms with van der Waals surface area (Å²) in [5.41, 5.74) is 0. The molecule has 0 atom stereocenters. The smallest absolute Gasteiger partial charge is 0.303 e. The molecule has 0 aliphatic rings. The maximum atomic E-state index is 10.2. The van der Waals surface area contributed by atoms with E-state index in [1.165, 1.54) is 0 Å². The third-order valence-corrected chi connectivity index (χ3v) is 2.28. The molecule has 0 aliphatic carbocycles. The normalized spacial score (nSPS) is 10.8. The average Bonchev–Trinajstić information content (AvgIpc) is 2.25. The van der Waals surface area contributed by atoms with E-state index < -0.39 is 11.9 Å². The highest BCUT2D eigenvalue weighted by Gasteiger charge is 1.96. The van der Waals surface area contributed by atoms with Gasteiger partial charge < -0.3 is 10.2 Å². The summed E-state index contributed by atoms with van der Waals surface area (Å²) in [4.78, 5) is 24.6. The first-order chi connectivity index (χ1) is 8.13. The van der Waals surface area contributed by atoms with Crippen LogP contribution < -0.4 is 0 Å². The molecule has 0 rings (SSSR count). The van der Waals surface area contributed by atoms with E-state index in [4.69, 9.17) is 10.2 Å². The van der Waals surface area contributed by atoms with E-state index in [-0.39, 0.29) is 12.8 Å². The Hall–Kier alpha value is -1.39. The van der Waals surface area contributed by atoms with Crippen molar-refractivity contribution in [1.29, 1.82) is 0 Å². The predicted molar refractivity (Wildman–Crippen MR) is 65.6 cm³/mol. The Balaban J connectivity index is 3.14. The number of aliphatic carboxylic acids is 2. The minimum atomic E-state index is -0.750. The topological polar surface area (TPSA) is 87.0 Å². The molecule has 0 saturated heterocycles. The van der Waals surface area contributed by atoms with E-state index in [1.54, 1.807) is 0 Å². The average molecular weight is 243 g/mol. The van der Waals surface area contributed by atoms with Crippen LogP contribution in [-0.2, 0) is 9.59 Å². The molecule has 17 heavy (non-hydrogen) atoms. The third-order valence-electron chi connectivity index (χ3n) is 2.28. The van der Waals surface area contributed by atoms with Gasteiger partial charge in [0.25, 0.3) is 0 Å². The number of rotatable bonds is 11. The van der Waals surface area contributed by atoms with Crippen molar-refractivity contribution in [3.8, 4) is 0 Å². The Labute approximate surface area is 102 Å². The molecule has 2 N–H and O–H groups in total. The summed E-state index contributed by atoms with van der Waals surface area (Å²) in [7, 11) is 0. The number of carboxylic acids is 2. The Bertz CT molecular complexity index is 251. The molecular formula is C12H21NO4. The number of aliphatic imine (C=N–C) groups is 1. The highest BCUT2D eigenvalue weighted by molar-refractivity contribution is 5.66. The molecule has 0 saturated carbocycles. The lowest BCUT2D eigenvalue weighted by molar-refractivity contribution is -0.138. The van der Waals surface area contributed by atoms with Gasteiger partial charge in [-0.25, -0.2) is 0 Å². The largest absolute Gasteiger partial charge is 0.481 e. The number of hydrogen-bond acceptors (Lipinski definition) is 3. The predicted octanol–water partition coefficient (Wildman–Crippen LogP) is 2.35. The zero-order valence-corrected chi connectivity index (χ0v) is 10.1. The first-order valence-corrected chi connectivity index (χ1v) is 6.05. The standard InChI is InChI=1S/C12H21NO4/c14-11(15)7-3-1-5-9-13-10-6-2-4-8-12(16)17/h9H,1-8,10H2,(H,14,15)(H,16,17). The zero-order valence-electron chi connectivity index (χ0n) is 10.1. The van der Waals surface area contributed by atoms with Crippen LogP contribution in [0.2, 0.25) is 0 Å². The van der Waals surface area contributed by atoms with E-state index >= 15 is 0 Å². The number of nitrogens with zero attached hydrogens (tertiary/aromatic N) is 1. The van der Waals surface area contributed by atoms with Crippen molar-refractivity contribution in [3.05, 3.63) is 0 Å². The summed E-state index contributed by atoms with van der Waals surface area (Å²) in [6, 6.07) is 0. The summed E-state index contributed by atoms with van der Waals surface area (Å²) in [5.74, 6) is -1.49. The van der Waals surface area contributed by atoms with E-state index in [2.05, 4.69) is 4.99 Å². The Morgan fingerprint density at radius 3 is 2.06 bits per heavy atom. The van der Waals surface area contributed by atoms with Gasteiger partial charge in [0.2, 0.25) is 0 Å². The van der Waals surface area contributed by atoms with Gasteiger partial charge in [0.1, 0.15) is 0 Å². The van der Waals surface area contributed by atoms with Crippen LogP contribution in [0.15, 0.2) is 4.99 Å². The molecule has 0 aromatic rings. The second-order valence-corrected chi connectivity index (χ2v) is 3.93. The highest BCUT2D eigenvalue weighted by Crippen LogP contribution is 2.00. The van der Waals surface area contributed by atoms with Crippen molar-refractivity contribution in [2.24, 2.45) is 4.99 Å². The number of unbranched alkanes of at least 4 members (excludes halogenated alkanes) is 4. The molecule has 98 valence electrons. The van der Waals surface area contributed by atoms with Gasteiger partial charge in [-0.3, -0.25) is 14.6 Å². The zero-order chi connectivity index (χ0) is 12.9. The van der Waals surface area contributed by atoms with E-state index in [0.29, 0.717) is 12.8 Å². The minimum Gasteiger partial charge on any atom is -0.481 e. The second kappa shape index (κ2) is 11.1. The molecule has 0 aromatic heterocycles. The van der Waals surface area contributed by atoms with Crippen molar-refractivity contribution in [2.75, 3.05) is 6.54 Å². The summed E-state index contributed by atoms with van der Waals surface area (Å²) < 4.78 is 0. The van der Waals surface area contributed by atoms with Crippen molar-refractivity contribution < 1.29 is 19.8 Å². The SMILES string of the molecule is O=C(O)CCCCC=NCCCCCC(=O)O. The van der Waals surface area contributed by atoms with Crippen LogP contribution in [0.3, 0.4) is 0 Å². The lowest BCUT2D eigenvalue weighted by Gasteiger charge is -1.96. The summed E-state index contributed by atoms with van der Waals surface area (Å²) in [6.45, 7) is 0.735. The molecule has 0 radical (unpaired) electrons. The molecule has 0 aromatic carbocycles. The number of carbonyl (C=O) groups is 2. The summed E-state index contributed by atoms with van der Waals surface area (Å²) in [6.07, 6.45) is 7.18. The lowest BCUT2D eigenvalue weighted by atomic mass is 10.2. The van der Waals surface area contributed by atoms with Crippen LogP contribution in [0.25, 0.3) is 0 Å². The first kappa shape index (κ1) is 15.6. The molecule has 0 fully saturated rings. The van der Waals surface area contributed by atoms with Crippen LogP contribution in [0.5, 0.6) is 0 Å². The van der Waals surface area contributed by atoms with Crippen molar-refractivity contribution >= 4 is 18.2 Å².